The van der Waals surface area contributed by atoms with Crippen LogP contribution in [-0.2, 0) is 6.18 Å². The normalized spacial score (nSPS) is 26.0. The second-order valence-electron chi connectivity index (χ2n) is 4.26. The molecule has 1 heterocycles. The maximum Gasteiger partial charge on any atom is 0.416 e. The van der Waals surface area contributed by atoms with Gasteiger partial charge in [-0.2, -0.15) is 13.2 Å². The minimum absolute atomic E-state index is 0.335. The Kier molecular flexibility index (Phi) is 2.93. The summed E-state index contributed by atoms with van der Waals surface area (Å²) < 4.78 is 37.1. The molecule has 1 aromatic rings. The highest BCUT2D eigenvalue weighted by atomic mass is 19.4. The Morgan fingerprint density at radius 3 is 2.25 bits per heavy atom. The predicted octanol–water partition coefficient (Wildman–Crippen LogP) is 3.17. The Hall–Kier alpha value is -1.03. The molecular formula is C12H14F3N. The number of rotatable bonds is 1. The first-order valence-electron chi connectivity index (χ1n) is 5.39. The van der Waals surface area contributed by atoms with Gasteiger partial charge in [0, 0.05) is 12.0 Å². The second kappa shape index (κ2) is 4.09. The molecule has 1 fully saturated rings. The molecule has 0 amide bonds. The molecule has 2 atom stereocenters. The summed E-state index contributed by atoms with van der Waals surface area (Å²) in [4.78, 5) is 0. The lowest BCUT2D eigenvalue weighted by Crippen LogP contribution is -2.21. The SMILES string of the molecule is CC1NCCC1c1ccc(C(F)(F)F)cc1. The molecule has 0 saturated carbocycles. The molecule has 1 N–H and O–H groups in total. The van der Waals surface area contributed by atoms with E-state index in [1.165, 1.54) is 12.1 Å². The maximum atomic E-state index is 12.4. The van der Waals surface area contributed by atoms with E-state index in [9.17, 15) is 13.2 Å². The highest BCUT2D eigenvalue weighted by Crippen LogP contribution is 2.32. The van der Waals surface area contributed by atoms with Crippen molar-refractivity contribution in [2.75, 3.05) is 6.54 Å². The Morgan fingerprint density at radius 2 is 1.81 bits per heavy atom. The zero-order valence-corrected chi connectivity index (χ0v) is 9.01. The lowest BCUT2D eigenvalue weighted by molar-refractivity contribution is -0.137. The molecular weight excluding hydrogens is 215 g/mol. The monoisotopic (exact) mass is 229 g/mol. The number of hydrogen-bond donors (Lipinski definition) is 1. The number of alkyl halides is 3. The van der Waals surface area contributed by atoms with Gasteiger partial charge in [-0.15, -0.1) is 0 Å². The topological polar surface area (TPSA) is 12.0 Å². The summed E-state index contributed by atoms with van der Waals surface area (Å²) in [5.41, 5.74) is 0.417. The highest BCUT2D eigenvalue weighted by molar-refractivity contribution is 5.28. The Bertz CT molecular complexity index is 356. The van der Waals surface area contributed by atoms with Crippen molar-refractivity contribution in [3.8, 4) is 0 Å². The molecule has 1 saturated heterocycles. The molecule has 0 aliphatic carbocycles. The fourth-order valence-electron chi connectivity index (χ4n) is 2.23. The summed E-state index contributed by atoms with van der Waals surface area (Å²) in [7, 11) is 0. The van der Waals surface area contributed by atoms with Crippen molar-refractivity contribution in [2.24, 2.45) is 0 Å². The van der Waals surface area contributed by atoms with Gasteiger partial charge in [0.1, 0.15) is 0 Å². The molecule has 2 rings (SSSR count). The van der Waals surface area contributed by atoms with Crippen LogP contribution >= 0.6 is 0 Å². The van der Waals surface area contributed by atoms with Gasteiger partial charge in [-0.3, -0.25) is 0 Å². The first kappa shape index (κ1) is 11.5. The van der Waals surface area contributed by atoms with Gasteiger partial charge in [-0.1, -0.05) is 12.1 Å². The molecule has 0 radical (unpaired) electrons. The van der Waals surface area contributed by atoms with Crippen LogP contribution in [0.3, 0.4) is 0 Å². The Balaban J connectivity index is 2.19. The van der Waals surface area contributed by atoms with Crippen LogP contribution in [0.2, 0.25) is 0 Å². The molecule has 1 aliphatic rings. The Morgan fingerprint density at radius 1 is 1.19 bits per heavy atom. The smallest absolute Gasteiger partial charge is 0.314 e. The van der Waals surface area contributed by atoms with Crippen molar-refractivity contribution in [2.45, 2.75) is 31.5 Å². The van der Waals surface area contributed by atoms with Crippen molar-refractivity contribution in [3.05, 3.63) is 35.4 Å². The van der Waals surface area contributed by atoms with E-state index in [4.69, 9.17) is 0 Å². The molecule has 1 nitrogen and oxygen atoms in total. The summed E-state index contributed by atoms with van der Waals surface area (Å²) in [5, 5.41) is 3.29. The van der Waals surface area contributed by atoms with Crippen molar-refractivity contribution < 1.29 is 13.2 Å². The number of halogens is 3. The fraction of sp³-hybridized carbons (Fsp3) is 0.500. The molecule has 0 aromatic heterocycles. The van der Waals surface area contributed by atoms with Crippen LogP contribution < -0.4 is 5.32 Å². The first-order chi connectivity index (χ1) is 7.48. The van der Waals surface area contributed by atoms with Crippen LogP contribution in [0.1, 0.15) is 30.4 Å². The van der Waals surface area contributed by atoms with E-state index in [0.717, 1.165) is 18.5 Å². The number of hydrogen-bond acceptors (Lipinski definition) is 1. The van der Waals surface area contributed by atoms with Crippen LogP contribution in [0, 0.1) is 0 Å². The highest BCUT2D eigenvalue weighted by Gasteiger charge is 2.31. The molecule has 16 heavy (non-hydrogen) atoms. The molecule has 4 heteroatoms. The maximum absolute atomic E-state index is 12.4. The molecule has 88 valence electrons. The van der Waals surface area contributed by atoms with Crippen LogP contribution in [0.25, 0.3) is 0 Å². The Labute approximate surface area is 92.7 Å². The predicted molar refractivity (Wildman–Crippen MR) is 56.3 cm³/mol. The molecule has 1 aromatic carbocycles. The minimum atomic E-state index is -4.24. The van der Waals surface area contributed by atoms with E-state index in [1.807, 2.05) is 0 Å². The average molecular weight is 229 g/mol. The van der Waals surface area contributed by atoms with Gasteiger partial charge in [0.25, 0.3) is 0 Å². The summed E-state index contributed by atoms with van der Waals surface area (Å²) in [5.74, 6) is 0.335. The van der Waals surface area contributed by atoms with Gasteiger partial charge in [-0.25, -0.2) is 0 Å². The lowest BCUT2D eigenvalue weighted by Gasteiger charge is -2.16. The molecule has 0 bridgehead atoms. The van der Waals surface area contributed by atoms with Crippen molar-refractivity contribution >= 4 is 0 Å². The van der Waals surface area contributed by atoms with Gasteiger partial charge < -0.3 is 5.32 Å². The number of benzene rings is 1. The minimum Gasteiger partial charge on any atom is -0.314 e. The summed E-state index contributed by atoms with van der Waals surface area (Å²) in [6.45, 7) is 3.00. The summed E-state index contributed by atoms with van der Waals surface area (Å²) in [6.07, 6.45) is -3.25. The molecule has 1 aliphatic heterocycles. The lowest BCUT2D eigenvalue weighted by atomic mass is 9.92. The van der Waals surface area contributed by atoms with E-state index in [1.54, 1.807) is 12.1 Å². The van der Waals surface area contributed by atoms with E-state index < -0.39 is 11.7 Å². The van der Waals surface area contributed by atoms with Gasteiger partial charge in [0.05, 0.1) is 5.56 Å². The van der Waals surface area contributed by atoms with Gasteiger partial charge in [0.2, 0.25) is 0 Å². The number of nitrogens with one attached hydrogen (secondary N) is 1. The van der Waals surface area contributed by atoms with Crippen LogP contribution in [-0.4, -0.2) is 12.6 Å². The average Bonchev–Trinajstić information content (AvgIpc) is 2.63. The molecule has 0 spiro atoms. The second-order valence-corrected chi connectivity index (χ2v) is 4.26. The van der Waals surface area contributed by atoms with Crippen molar-refractivity contribution in [1.29, 1.82) is 0 Å². The van der Waals surface area contributed by atoms with E-state index >= 15 is 0 Å². The van der Waals surface area contributed by atoms with E-state index in [-0.39, 0.29) is 0 Å². The first-order valence-corrected chi connectivity index (χ1v) is 5.39. The third-order valence-corrected chi connectivity index (χ3v) is 3.19. The zero-order valence-electron chi connectivity index (χ0n) is 9.01. The largest absolute Gasteiger partial charge is 0.416 e. The van der Waals surface area contributed by atoms with Crippen LogP contribution in [0.5, 0.6) is 0 Å². The zero-order chi connectivity index (χ0) is 11.8. The fourth-order valence-corrected chi connectivity index (χ4v) is 2.23. The third kappa shape index (κ3) is 2.21. The third-order valence-electron chi connectivity index (χ3n) is 3.19. The van der Waals surface area contributed by atoms with Gasteiger partial charge in [0.15, 0.2) is 0 Å². The van der Waals surface area contributed by atoms with Crippen molar-refractivity contribution in [3.63, 3.8) is 0 Å². The van der Waals surface area contributed by atoms with E-state index in [2.05, 4.69) is 12.2 Å². The van der Waals surface area contributed by atoms with E-state index in [0.29, 0.717) is 12.0 Å². The van der Waals surface area contributed by atoms with Gasteiger partial charge in [-0.05, 0) is 37.6 Å². The summed E-state index contributed by atoms with van der Waals surface area (Å²) in [6, 6.07) is 5.87. The van der Waals surface area contributed by atoms with Crippen molar-refractivity contribution in [1.82, 2.24) is 5.32 Å². The van der Waals surface area contributed by atoms with Crippen LogP contribution in [0.4, 0.5) is 13.2 Å². The quantitative estimate of drug-likeness (QED) is 0.780. The summed E-state index contributed by atoms with van der Waals surface area (Å²) >= 11 is 0. The van der Waals surface area contributed by atoms with Crippen LogP contribution in [0.15, 0.2) is 24.3 Å². The molecule has 2 unspecified atom stereocenters. The van der Waals surface area contributed by atoms with Gasteiger partial charge >= 0.3 is 6.18 Å². The standard InChI is InChI=1S/C12H14F3N/c1-8-11(6-7-16-8)9-2-4-10(5-3-9)12(13,14)15/h2-5,8,11,16H,6-7H2,1H3.